The summed E-state index contributed by atoms with van der Waals surface area (Å²) in [5, 5.41) is 9.54. The summed E-state index contributed by atoms with van der Waals surface area (Å²) in [6.07, 6.45) is 6.86. The first kappa shape index (κ1) is 33.1. The van der Waals surface area contributed by atoms with Crippen molar-refractivity contribution in [3.63, 3.8) is 0 Å². The number of nitrogens with zero attached hydrogens (tertiary/aromatic N) is 2. The number of carbonyl (C=O) groups excluding carboxylic acids is 1. The molecule has 3 aliphatic rings. The lowest BCUT2D eigenvalue weighted by Crippen LogP contribution is -2.28. The number of likely N-dealkylation sites (tertiary alicyclic amines) is 2. The first-order valence-electron chi connectivity index (χ1n) is 12.3. The molecule has 0 aromatic heterocycles. The highest BCUT2D eigenvalue weighted by atomic mass is 16.3. The Morgan fingerprint density at radius 1 is 0.875 bits per heavy atom. The van der Waals surface area contributed by atoms with Gasteiger partial charge in [-0.05, 0) is 48.9 Å². The largest absolute Gasteiger partial charge is 0.393 e. The molecule has 1 amide bonds. The molecular weight excluding hydrogens is 396 g/mol. The standard InChI is InChI=1S/C9H17N.C9H18O.C8H15NO.2CH4/c1-7(2)9-5-6-10(4)8(9)3;1-7(2)8-5-3-4-6-9(8)10;1-6(2)7-4-8(10)9(3)5-7;;/h7,9H,3,5-6H2,1-2,4H3;7-10H,3-6H2,1-2H3;6-7H,4-5H2,1-3H3;2*1H4. The van der Waals surface area contributed by atoms with Gasteiger partial charge < -0.3 is 14.9 Å². The van der Waals surface area contributed by atoms with E-state index in [9.17, 15) is 9.90 Å². The van der Waals surface area contributed by atoms with Crippen LogP contribution in [-0.4, -0.2) is 54.1 Å². The molecule has 1 aliphatic carbocycles. The van der Waals surface area contributed by atoms with Gasteiger partial charge in [0.2, 0.25) is 5.91 Å². The van der Waals surface area contributed by atoms with Crippen molar-refractivity contribution in [2.45, 2.75) is 101 Å². The Bertz CT molecular complexity index is 530. The van der Waals surface area contributed by atoms with Crippen LogP contribution in [0, 0.1) is 35.5 Å². The quantitative estimate of drug-likeness (QED) is 0.516. The van der Waals surface area contributed by atoms with Crippen LogP contribution in [-0.2, 0) is 4.79 Å². The van der Waals surface area contributed by atoms with E-state index in [0.717, 1.165) is 31.2 Å². The van der Waals surface area contributed by atoms with Crippen LogP contribution in [0.5, 0.6) is 0 Å². The Balaban J connectivity index is 0. The summed E-state index contributed by atoms with van der Waals surface area (Å²) in [6.45, 7) is 19.5. The highest BCUT2D eigenvalue weighted by molar-refractivity contribution is 5.78. The van der Waals surface area contributed by atoms with Gasteiger partial charge in [-0.25, -0.2) is 0 Å². The van der Waals surface area contributed by atoms with Crippen molar-refractivity contribution in [1.29, 1.82) is 0 Å². The molecule has 2 saturated heterocycles. The molecule has 4 atom stereocenters. The number of hydrogen-bond donors (Lipinski definition) is 1. The predicted molar refractivity (Wildman–Crippen MR) is 142 cm³/mol. The van der Waals surface area contributed by atoms with Crippen molar-refractivity contribution >= 4 is 5.91 Å². The van der Waals surface area contributed by atoms with Gasteiger partial charge in [0.1, 0.15) is 0 Å². The number of amides is 1. The summed E-state index contributed by atoms with van der Waals surface area (Å²) in [5.74, 6) is 4.29. The Hall–Kier alpha value is -1.03. The van der Waals surface area contributed by atoms with Gasteiger partial charge in [0.25, 0.3) is 0 Å². The Kier molecular flexibility index (Phi) is 16.3. The molecule has 0 radical (unpaired) electrons. The SMILES string of the molecule is C.C.C=C1C(C(C)C)CCN1C.CC(C)C1CC(=O)N(C)C1.CC(C)C1CCCCC1O. The Morgan fingerprint density at radius 2 is 1.44 bits per heavy atom. The van der Waals surface area contributed by atoms with Crippen LogP contribution in [0.15, 0.2) is 12.3 Å². The van der Waals surface area contributed by atoms with Crippen LogP contribution in [0.2, 0.25) is 0 Å². The van der Waals surface area contributed by atoms with E-state index in [1.54, 1.807) is 0 Å². The molecule has 2 heterocycles. The number of aliphatic hydroxyl groups is 1. The van der Waals surface area contributed by atoms with Gasteiger partial charge in [-0.15, -0.1) is 0 Å². The molecular formula is C28H58N2O2. The van der Waals surface area contributed by atoms with E-state index in [2.05, 4.69) is 60.1 Å². The van der Waals surface area contributed by atoms with Gasteiger partial charge in [0.15, 0.2) is 0 Å². The molecule has 4 heteroatoms. The molecule has 3 fully saturated rings. The lowest BCUT2D eigenvalue weighted by Gasteiger charge is -2.30. The summed E-state index contributed by atoms with van der Waals surface area (Å²) in [6, 6.07) is 0. The van der Waals surface area contributed by atoms with Crippen molar-refractivity contribution in [3.05, 3.63) is 12.3 Å². The number of rotatable bonds is 3. The number of carbonyl (C=O) groups is 1. The van der Waals surface area contributed by atoms with Crippen LogP contribution < -0.4 is 0 Å². The molecule has 0 bridgehead atoms. The fourth-order valence-corrected chi connectivity index (χ4v) is 4.91. The molecule has 2 aliphatic heterocycles. The molecule has 4 nitrogen and oxygen atoms in total. The van der Waals surface area contributed by atoms with Gasteiger partial charge in [0.05, 0.1) is 6.10 Å². The minimum Gasteiger partial charge on any atom is -0.393 e. The second-order valence-electron chi connectivity index (χ2n) is 10.8. The summed E-state index contributed by atoms with van der Waals surface area (Å²) >= 11 is 0. The van der Waals surface area contributed by atoms with Gasteiger partial charge in [-0.3, -0.25) is 4.79 Å². The first-order chi connectivity index (χ1) is 14.0. The number of aliphatic hydroxyl groups excluding tert-OH is 1. The Morgan fingerprint density at radius 3 is 1.69 bits per heavy atom. The third-order valence-electron chi connectivity index (χ3n) is 7.45. The van der Waals surface area contributed by atoms with Crippen LogP contribution in [0.3, 0.4) is 0 Å². The van der Waals surface area contributed by atoms with E-state index >= 15 is 0 Å². The molecule has 192 valence electrons. The predicted octanol–water partition coefficient (Wildman–Crippen LogP) is 6.69. The minimum absolute atomic E-state index is 0. The number of allylic oxidation sites excluding steroid dienone is 1. The van der Waals surface area contributed by atoms with Gasteiger partial charge in [0, 0.05) is 45.2 Å². The second-order valence-corrected chi connectivity index (χ2v) is 10.8. The van der Waals surface area contributed by atoms with Gasteiger partial charge in [-0.2, -0.15) is 0 Å². The summed E-state index contributed by atoms with van der Waals surface area (Å²) in [7, 11) is 4.01. The zero-order valence-electron chi connectivity index (χ0n) is 21.2. The van der Waals surface area contributed by atoms with Crippen LogP contribution in [0.4, 0.5) is 0 Å². The highest BCUT2D eigenvalue weighted by Crippen LogP contribution is 2.31. The van der Waals surface area contributed by atoms with E-state index < -0.39 is 0 Å². The number of hydrogen-bond acceptors (Lipinski definition) is 3. The first-order valence-corrected chi connectivity index (χ1v) is 12.3. The van der Waals surface area contributed by atoms with E-state index in [-0.39, 0.29) is 21.0 Å². The van der Waals surface area contributed by atoms with Gasteiger partial charge in [-0.1, -0.05) is 75.8 Å². The summed E-state index contributed by atoms with van der Waals surface area (Å²) in [5.41, 5.74) is 1.33. The monoisotopic (exact) mass is 454 g/mol. The molecule has 32 heavy (non-hydrogen) atoms. The summed E-state index contributed by atoms with van der Waals surface area (Å²) in [4.78, 5) is 15.1. The Labute approximate surface area is 201 Å². The maximum absolute atomic E-state index is 11.0. The maximum Gasteiger partial charge on any atom is 0.222 e. The van der Waals surface area contributed by atoms with Gasteiger partial charge >= 0.3 is 0 Å². The fourth-order valence-electron chi connectivity index (χ4n) is 4.91. The van der Waals surface area contributed by atoms with Crippen LogP contribution in [0.25, 0.3) is 0 Å². The van der Waals surface area contributed by atoms with Crippen molar-refractivity contribution in [1.82, 2.24) is 9.80 Å². The second kappa shape index (κ2) is 15.7. The third kappa shape index (κ3) is 10.3. The van der Waals surface area contributed by atoms with E-state index in [0.29, 0.717) is 29.6 Å². The zero-order chi connectivity index (χ0) is 23.0. The van der Waals surface area contributed by atoms with Crippen LogP contribution >= 0.6 is 0 Å². The van der Waals surface area contributed by atoms with Crippen LogP contribution in [0.1, 0.15) is 94.9 Å². The highest BCUT2D eigenvalue weighted by Gasteiger charge is 2.28. The van der Waals surface area contributed by atoms with E-state index in [4.69, 9.17) is 0 Å². The average molecular weight is 455 g/mol. The molecule has 0 aromatic carbocycles. The molecule has 3 rings (SSSR count). The third-order valence-corrected chi connectivity index (χ3v) is 7.45. The topological polar surface area (TPSA) is 43.8 Å². The lowest BCUT2D eigenvalue weighted by molar-refractivity contribution is -0.126. The normalized spacial score (nSPS) is 27.5. The average Bonchev–Trinajstić information content (AvgIpc) is 3.18. The van der Waals surface area contributed by atoms with E-state index in [1.165, 1.54) is 37.9 Å². The smallest absolute Gasteiger partial charge is 0.222 e. The molecule has 0 spiro atoms. The van der Waals surface area contributed by atoms with Crippen molar-refractivity contribution in [2.24, 2.45) is 35.5 Å². The molecule has 1 saturated carbocycles. The van der Waals surface area contributed by atoms with Crippen molar-refractivity contribution in [2.75, 3.05) is 27.2 Å². The maximum atomic E-state index is 11.0. The lowest BCUT2D eigenvalue weighted by atomic mass is 9.79. The van der Waals surface area contributed by atoms with E-state index in [1.807, 2.05) is 11.9 Å². The van der Waals surface area contributed by atoms with Crippen molar-refractivity contribution < 1.29 is 9.90 Å². The molecule has 4 unspecified atom stereocenters. The fraction of sp³-hybridized carbons (Fsp3) is 0.893. The zero-order valence-corrected chi connectivity index (χ0v) is 21.2. The summed E-state index contributed by atoms with van der Waals surface area (Å²) < 4.78 is 0. The molecule has 0 aromatic rings. The molecule has 1 N–H and O–H groups in total. The minimum atomic E-state index is -0.00579. The van der Waals surface area contributed by atoms with Crippen molar-refractivity contribution in [3.8, 4) is 0 Å².